The van der Waals surface area contributed by atoms with E-state index in [-0.39, 0.29) is 0 Å². The number of nitrogens with two attached hydrogens (primary N) is 1. The molecule has 0 spiro atoms. The second kappa shape index (κ2) is 6.41. The van der Waals surface area contributed by atoms with Gasteiger partial charge in [0.1, 0.15) is 0 Å². The molecule has 4 heteroatoms. The smallest absolute Gasteiger partial charge is 0.205 e. The van der Waals surface area contributed by atoms with Crippen LogP contribution in [-0.4, -0.2) is 18.5 Å². The lowest BCUT2D eigenvalue weighted by Crippen LogP contribution is -2.47. The summed E-state index contributed by atoms with van der Waals surface area (Å²) in [5.41, 5.74) is 3.24. The molecule has 0 atom stereocenters. The second-order valence-electron chi connectivity index (χ2n) is 6.04. The first-order valence-electron chi connectivity index (χ1n) is 7.56. The highest BCUT2D eigenvalue weighted by molar-refractivity contribution is 5.79. The maximum atomic E-state index is 5.57. The number of hydrogen-bond donors (Lipinski definition) is 3. The Bertz CT molecular complexity index is 278. The number of hydrogen-bond acceptors (Lipinski definition) is 2. The highest BCUT2D eigenvalue weighted by atomic mass is 15.3. The lowest BCUT2D eigenvalue weighted by atomic mass is 9.96. The lowest BCUT2D eigenvalue weighted by molar-refractivity contribution is 0.408. The summed E-state index contributed by atoms with van der Waals surface area (Å²) in [7, 11) is 0. The molecule has 0 radical (unpaired) electrons. The average molecular weight is 252 g/mol. The number of hydrazine groups is 1. The van der Waals surface area contributed by atoms with Gasteiger partial charge in [0.15, 0.2) is 0 Å². The lowest BCUT2D eigenvalue weighted by Gasteiger charge is -2.24. The summed E-state index contributed by atoms with van der Waals surface area (Å²) in [5, 5.41) is 3.46. The molecule has 0 saturated heterocycles. The monoisotopic (exact) mass is 252 g/mol. The van der Waals surface area contributed by atoms with Crippen molar-refractivity contribution in [2.75, 3.05) is 6.54 Å². The standard InChI is InChI=1S/C14H28N4/c1-2-8-14(9-10-14)11-16-13(18-15)17-12-6-4-3-5-7-12/h12H,2-11,15H2,1H3,(H2,16,17,18). The molecule has 2 aliphatic carbocycles. The van der Waals surface area contributed by atoms with Crippen molar-refractivity contribution < 1.29 is 0 Å². The summed E-state index contributed by atoms with van der Waals surface area (Å²) >= 11 is 0. The SMILES string of the molecule is CCCC1(CN=C(NN)NC2CCCCC2)CC1. The van der Waals surface area contributed by atoms with Gasteiger partial charge in [-0.25, -0.2) is 5.84 Å². The van der Waals surface area contributed by atoms with E-state index in [4.69, 9.17) is 5.84 Å². The van der Waals surface area contributed by atoms with Gasteiger partial charge in [0.25, 0.3) is 0 Å². The first-order chi connectivity index (χ1) is 8.78. The molecule has 2 aliphatic rings. The molecular formula is C14H28N4. The molecule has 0 aliphatic heterocycles. The van der Waals surface area contributed by atoms with Crippen LogP contribution in [0.2, 0.25) is 0 Å². The molecule has 0 aromatic rings. The van der Waals surface area contributed by atoms with Crippen LogP contribution in [0, 0.1) is 5.41 Å². The van der Waals surface area contributed by atoms with Crippen molar-refractivity contribution >= 4 is 5.96 Å². The van der Waals surface area contributed by atoms with Gasteiger partial charge in [0.2, 0.25) is 5.96 Å². The van der Waals surface area contributed by atoms with E-state index in [0.717, 1.165) is 12.5 Å². The van der Waals surface area contributed by atoms with Crippen molar-refractivity contribution in [1.82, 2.24) is 10.7 Å². The van der Waals surface area contributed by atoms with Crippen LogP contribution in [0.3, 0.4) is 0 Å². The molecule has 0 aromatic carbocycles. The van der Waals surface area contributed by atoms with Crippen LogP contribution in [-0.2, 0) is 0 Å². The predicted molar refractivity (Wildman–Crippen MR) is 76.2 cm³/mol. The zero-order valence-corrected chi connectivity index (χ0v) is 11.7. The van der Waals surface area contributed by atoms with Gasteiger partial charge in [-0.15, -0.1) is 0 Å². The fraction of sp³-hybridized carbons (Fsp3) is 0.929. The molecule has 0 unspecified atom stereocenters. The van der Waals surface area contributed by atoms with Crippen molar-refractivity contribution in [2.24, 2.45) is 16.3 Å². The highest BCUT2D eigenvalue weighted by Crippen LogP contribution is 2.49. The van der Waals surface area contributed by atoms with Crippen LogP contribution >= 0.6 is 0 Å². The van der Waals surface area contributed by atoms with Crippen LogP contribution < -0.4 is 16.6 Å². The van der Waals surface area contributed by atoms with Crippen molar-refractivity contribution in [3.63, 3.8) is 0 Å². The maximum Gasteiger partial charge on any atom is 0.205 e. The highest BCUT2D eigenvalue weighted by Gasteiger charge is 2.41. The quantitative estimate of drug-likeness (QED) is 0.304. The number of aliphatic imine (C=N–C) groups is 1. The van der Waals surface area contributed by atoms with Crippen LogP contribution in [0.1, 0.15) is 64.7 Å². The summed E-state index contributed by atoms with van der Waals surface area (Å²) < 4.78 is 0. The number of rotatable bonds is 5. The topological polar surface area (TPSA) is 62.4 Å². The molecule has 18 heavy (non-hydrogen) atoms. The Morgan fingerprint density at radius 2 is 2.00 bits per heavy atom. The Hall–Kier alpha value is -0.770. The van der Waals surface area contributed by atoms with Crippen LogP contribution in [0.4, 0.5) is 0 Å². The van der Waals surface area contributed by atoms with E-state index in [1.165, 1.54) is 57.8 Å². The summed E-state index contributed by atoms with van der Waals surface area (Å²) in [6, 6.07) is 0.565. The van der Waals surface area contributed by atoms with Gasteiger partial charge in [-0.1, -0.05) is 32.6 Å². The van der Waals surface area contributed by atoms with Crippen molar-refractivity contribution in [3.05, 3.63) is 0 Å². The molecule has 104 valence electrons. The zero-order valence-electron chi connectivity index (χ0n) is 11.7. The van der Waals surface area contributed by atoms with E-state index >= 15 is 0 Å². The van der Waals surface area contributed by atoms with E-state index in [0.29, 0.717) is 11.5 Å². The minimum atomic E-state index is 0.505. The minimum absolute atomic E-state index is 0.505. The maximum absolute atomic E-state index is 5.57. The Balaban J connectivity index is 1.80. The molecule has 0 amide bonds. The molecule has 0 heterocycles. The van der Waals surface area contributed by atoms with E-state index in [1.54, 1.807) is 0 Å². The van der Waals surface area contributed by atoms with E-state index in [1.807, 2.05) is 0 Å². The Morgan fingerprint density at radius 1 is 1.28 bits per heavy atom. The van der Waals surface area contributed by atoms with Crippen molar-refractivity contribution in [2.45, 2.75) is 70.8 Å². The number of guanidine groups is 1. The second-order valence-corrected chi connectivity index (χ2v) is 6.04. The zero-order chi connectivity index (χ0) is 12.8. The number of nitrogens with one attached hydrogen (secondary N) is 2. The minimum Gasteiger partial charge on any atom is -0.353 e. The van der Waals surface area contributed by atoms with Gasteiger partial charge in [0.05, 0.1) is 0 Å². The van der Waals surface area contributed by atoms with Crippen LogP contribution in [0.5, 0.6) is 0 Å². The Labute approximate surface area is 111 Å². The summed E-state index contributed by atoms with van der Waals surface area (Å²) in [6.07, 6.45) is 11.8. The van der Waals surface area contributed by atoms with E-state index in [2.05, 4.69) is 22.7 Å². The molecular weight excluding hydrogens is 224 g/mol. The summed E-state index contributed by atoms with van der Waals surface area (Å²) in [6.45, 7) is 3.19. The van der Waals surface area contributed by atoms with Gasteiger partial charge in [-0.3, -0.25) is 10.4 Å². The van der Waals surface area contributed by atoms with E-state index in [9.17, 15) is 0 Å². The molecule has 0 bridgehead atoms. The van der Waals surface area contributed by atoms with Gasteiger partial charge in [-0.05, 0) is 37.5 Å². The van der Waals surface area contributed by atoms with E-state index < -0.39 is 0 Å². The van der Waals surface area contributed by atoms with Gasteiger partial charge < -0.3 is 5.32 Å². The average Bonchev–Trinajstić information content (AvgIpc) is 3.16. The third-order valence-electron chi connectivity index (χ3n) is 4.39. The third-order valence-corrected chi connectivity index (χ3v) is 4.39. The fourth-order valence-electron chi connectivity index (χ4n) is 3.01. The van der Waals surface area contributed by atoms with Gasteiger partial charge in [0, 0.05) is 12.6 Å². The Morgan fingerprint density at radius 3 is 2.56 bits per heavy atom. The van der Waals surface area contributed by atoms with Gasteiger partial charge in [-0.2, -0.15) is 0 Å². The summed E-state index contributed by atoms with van der Waals surface area (Å²) in [4.78, 5) is 4.66. The molecule has 4 nitrogen and oxygen atoms in total. The molecule has 2 fully saturated rings. The Kier molecular flexibility index (Phi) is 4.87. The predicted octanol–water partition coefficient (Wildman–Crippen LogP) is 2.31. The molecule has 0 aromatic heterocycles. The van der Waals surface area contributed by atoms with Gasteiger partial charge >= 0.3 is 0 Å². The normalized spacial score (nSPS) is 23.8. The third kappa shape index (κ3) is 3.87. The first-order valence-corrected chi connectivity index (χ1v) is 7.56. The number of nitrogens with zero attached hydrogens (tertiary/aromatic N) is 1. The first kappa shape index (κ1) is 13.7. The summed E-state index contributed by atoms with van der Waals surface area (Å²) in [5.74, 6) is 6.37. The van der Waals surface area contributed by atoms with Crippen molar-refractivity contribution in [1.29, 1.82) is 0 Å². The van der Waals surface area contributed by atoms with Crippen LogP contribution in [0.15, 0.2) is 4.99 Å². The molecule has 2 saturated carbocycles. The van der Waals surface area contributed by atoms with Crippen LogP contribution in [0.25, 0.3) is 0 Å². The fourth-order valence-corrected chi connectivity index (χ4v) is 3.01. The largest absolute Gasteiger partial charge is 0.353 e. The van der Waals surface area contributed by atoms with Crippen molar-refractivity contribution in [3.8, 4) is 0 Å². The molecule has 4 N–H and O–H groups in total. The molecule has 2 rings (SSSR count).